The summed E-state index contributed by atoms with van der Waals surface area (Å²) in [5, 5.41) is 8.99. The summed E-state index contributed by atoms with van der Waals surface area (Å²) in [7, 11) is 0. The van der Waals surface area contributed by atoms with Crippen LogP contribution in [0.2, 0.25) is 0 Å². The van der Waals surface area contributed by atoms with Gasteiger partial charge in [0.15, 0.2) is 0 Å². The van der Waals surface area contributed by atoms with Crippen molar-refractivity contribution >= 4 is 29.1 Å². The van der Waals surface area contributed by atoms with Gasteiger partial charge in [-0.25, -0.2) is 0 Å². The van der Waals surface area contributed by atoms with Crippen LogP contribution in [-0.2, 0) is 4.79 Å². The predicted octanol–water partition coefficient (Wildman–Crippen LogP) is 0.784. The van der Waals surface area contributed by atoms with Gasteiger partial charge in [-0.2, -0.15) is 0 Å². The predicted molar refractivity (Wildman–Crippen MR) is 69.1 cm³/mol. The van der Waals surface area contributed by atoms with Crippen molar-refractivity contribution in [2.24, 2.45) is 11.7 Å². The molecule has 2 rings (SSSR count). The summed E-state index contributed by atoms with van der Waals surface area (Å²) in [6.45, 7) is 0.768. The molecule has 1 aliphatic heterocycles. The van der Waals surface area contributed by atoms with Crippen molar-refractivity contribution in [2.75, 3.05) is 13.1 Å². The number of carboxylic acid groups (broad SMARTS) is 1. The van der Waals surface area contributed by atoms with Gasteiger partial charge in [-0.1, -0.05) is 0 Å². The second-order valence-corrected chi connectivity index (χ2v) is 5.54. The van der Waals surface area contributed by atoms with Crippen molar-refractivity contribution in [3.05, 3.63) is 21.9 Å². The first kappa shape index (κ1) is 13.5. The molecular weight excluding hydrogens is 268 g/mol. The Kier molecular flexibility index (Phi) is 3.84. The van der Waals surface area contributed by atoms with Crippen LogP contribution in [0.15, 0.2) is 12.1 Å². The van der Waals surface area contributed by atoms with Crippen molar-refractivity contribution in [3.8, 4) is 0 Å². The molecule has 1 aromatic heterocycles. The van der Waals surface area contributed by atoms with E-state index in [0.29, 0.717) is 29.1 Å². The number of aliphatic carboxylic acids is 1. The molecule has 3 N–H and O–H groups in total. The van der Waals surface area contributed by atoms with E-state index < -0.39 is 17.8 Å². The molecule has 102 valence electrons. The molecule has 0 aliphatic carbocycles. The van der Waals surface area contributed by atoms with Gasteiger partial charge in [0.2, 0.25) is 0 Å². The Morgan fingerprint density at radius 2 is 2.00 bits per heavy atom. The summed E-state index contributed by atoms with van der Waals surface area (Å²) in [5.74, 6) is -2.18. The fourth-order valence-corrected chi connectivity index (χ4v) is 2.93. The monoisotopic (exact) mass is 282 g/mol. The van der Waals surface area contributed by atoms with Crippen LogP contribution in [0.1, 0.15) is 32.2 Å². The van der Waals surface area contributed by atoms with E-state index in [4.69, 9.17) is 10.8 Å². The molecule has 0 radical (unpaired) electrons. The van der Waals surface area contributed by atoms with Gasteiger partial charge in [0.25, 0.3) is 11.8 Å². The minimum Gasteiger partial charge on any atom is -0.481 e. The fraction of sp³-hybridized carbons (Fsp3) is 0.417. The van der Waals surface area contributed by atoms with Crippen molar-refractivity contribution in [2.45, 2.75) is 12.8 Å². The average Bonchev–Trinajstić information content (AvgIpc) is 2.87. The number of carbonyl (C=O) groups excluding carboxylic acids is 2. The minimum absolute atomic E-state index is 0.220. The van der Waals surface area contributed by atoms with E-state index in [0.717, 1.165) is 11.3 Å². The number of nitrogens with two attached hydrogens (primary N) is 1. The first-order chi connectivity index (χ1) is 8.99. The zero-order valence-electron chi connectivity index (χ0n) is 10.2. The third-order valence-electron chi connectivity index (χ3n) is 3.12. The number of rotatable bonds is 3. The first-order valence-electron chi connectivity index (χ1n) is 5.90. The Labute approximate surface area is 113 Å². The van der Waals surface area contributed by atoms with Crippen LogP contribution in [0.4, 0.5) is 0 Å². The summed E-state index contributed by atoms with van der Waals surface area (Å²) in [6.07, 6.45) is 1.27. The lowest BCUT2D eigenvalue weighted by atomic mass is 9.98. The van der Waals surface area contributed by atoms with Gasteiger partial charge in [-0.3, -0.25) is 14.4 Å². The molecule has 7 heteroatoms. The third kappa shape index (κ3) is 2.93. The second-order valence-electron chi connectivity index (χ2n) is 4.46. The maximum absolute atomic E-state index is 12.2. The van der Waals surface area contributed by atoms with Crippen LogP contribution in [0, 0.1) is 5.92 Å². The Hall–Kier alpha value is -1.89. The quantitative estimate of drug-likeness (QED) is 0.855. The highest BCUT2D eigenvalue weighted by Crippen LogP contribution is 2.22. The lowest BCUT2D eigenvalue weighted by molar-refractivity contribution is -0.143. The number of likely N-dealkylation sites (tertiary alicyclic amines) is 1. The van der Waals surface area contributed by atoms with E-state index in [2.05, 4.69) is 0 Å². The number of carbonyl (C=O) groups is 3. The topological polar surface area (TPSA) is 101 Å². The number of primary amides is 1. The maximum Gasteiger partial charge on any atom is 0.308 e. The standard InChI is InChI=1S/C12H14N2O4S/c13-10(15)8-3-4-9(19-8)11(16)14-5-1-2-7(6-14)12(17)18/h3-4,7H,1-2,5-6H2,(H2,13,15)(H,17,18)/t7-/m0/s1. The summed E-state index contributed by atoms with van der Waals surface area (Å²) < 4.78 is 0. The van der Waals surface area contributed by atoms with E-state index in [-0.39, 0.29) is 12.5 Å². The molecule has 0 aromatic carbocycles. The van der Waals surface area contributed by atoms with Gasteiger partial charge < -0.3 is 15.7 Å². The summed E-state index contributed by atoms with van der Waals surface area (Å²) in [4.78, 5) is 36.4. The minimum atomic E-state index is -0.874. The smallest absolute Gasteiger partial charge is 0.308 e. The molecular formula is C12H14N2O4S. The largest absolute Gasteiger partial charge is 0.481 e. The second kappa shape index (κ2) is 5.40. The highest BCUT2D eigenvalue weighted by atomic mass is 32.1. The molecule has 2 heterocycles. The lowest BCUT2D eigenvalue weighted by Crippen LogP contribution is -2.42. The molecule has 1 fully saturated rings. The number of hydrogen-bond acceptors (Lipinski definition) is 4. The molecule has 6 nitrogen and oxygen atoms in total. The summed E-state index contributed by atoms with van der Waals surface area (Å²) in [6, 6.07) is 3.07. The summed E-state index contributed by atoms with van der Waals surface area (Å²) >= 11 is 1.04. The molecule has 0 spiro atoms. The molecule has 19 heavy (non-hydrogen) atoms. The van der Waals surface area contributed by atoms with Gasteiger partial charge in [-0.15, -0.1) is 11.3 Å². The Morgan fingerprint density at radius 1 is 1.32 bits per heavy atom. The first-order valence-corrected chi connectivity index (χ1v) is 6.72. The average molecular weight is 282 g/mol. The molecule has 2 amide bonds. The van der Waals surface area contributed by atoms with E-state index in [1.807, 2.05) is 0 Å². The zero-order chi connectivity index (χ0) is 14.0. The van der Waals surface area contributed by atoms with Gasteiger partial charge in [0.05, 0.1) is 15.7 Å². The van der Waals surface area contributed by atoms with E-state index in [9.17, 15) is 14.4 Å². The highest BCUT2D eigenvalue weighted by Gasteiger charge is 2.29. The molecule has 0 saturated carbocycles. The molecule has 1 saturated heterocycles. The number of nitrogens with zero attached hydrogens (tertiary/aromatic N) is 1. The van der Waals surface area contributed by atoms with Crippen molar-refractivity contribution in [1.82, 2.24) is 4.90 Å². The molecule has 0 unspecified atom stereocenters. The van der Waals surface area contributed by atoms with Gasteiger partial charge >= 0.3 is 5.97 Å². The van der Waals surface area contributed by atoms with Crippen molar-refractivity contribution < 1.29 is 19.5 Å². The van der Waals surface area contributed by atoms with Crippen LogP contribution in [-0.4, -0.2) is 40.9 Å². The number of thiophene rings is 1. The van der Waals surface area contributed by atoms with Crippen LogP contribution in [0.3, 0.4) is 0 Å². The number of carboxylic acids is 1. The highest BCUT2D eigenvalue weighted by molar-refractivity contribution is 7.15. The number of piperidine rings is 1. The Balaban J connectivity index is 2.10. The van der Waals surface area contributed by atoms with Crippen molar-refractivity contribution in [1.29, 1.82) is 0 Å². The van der Waals surface area contributed by atoms with Gasteiger partial charge in [-0.05, 0) is 25.0 Å². The normalized spacial score (nSPS) is 19.2. The van der Waals surface area contributed by atoms with Crippen LogP contribution in [0.5, 0.6) is 0 Å². The van der Waals surface area contributed by atoms with Crippen molar-refractivity contribution in [3.63, 3.8) is 0 Å². The fourth-order valence-electron chi connectivity index (χ4n) is 2.10. The number of hydrogen-bond donors (Lipinski definition) is 2. The van der Waals surface area contributed by atoms with Gasteiger partial charge in [0.1, 0.15) is 0 Å². The van der Waals surface area contributed by atoms with Crippen LogP contribution < -0.4 is 5.73 Å². The third-order valence-corrected chi connectivity index (χ3v) is 4.21. The molecule has 1 aliphatic rings. The Bertz CT molecular complexity index is 526. The molecule has 1 aromatic rings. The summed E-state index contributed by atoms with van der Waals surface area (Å²) in [5.41, 5.74) is 5.14. The number of amides is 2. The van der Waals surface area contributed by atoms with Crippen LogP contribution in [0.25, 0.3) is 0 Å². The van der Waals surface area contributed by atoms with E-state index in [1.165, 1.54) is 11.0 Å². The Morgan fingerprint density at radius 3 is 2.58 bits per heavy atom. The molecule has 0 bridgehead atoms. The van der Waals surface area contributed by atoms with Gasteiger partial charge in [0, 0.05) is 13.1 Å². The van der Waals surface area contributed by atoms with E-state index in [1.54, 1.807) is 6.07 Å². The van der Waals surface area contributed by atoms with E-state index >= 15 is 0 Å². The lowest BCUT2D eigenvalue weighted by Gasteiger charge is -2.30. The zero-order valence-corrected chi connectivity index (χ0v) is 11.0. The van der Waals surface area contributed by atoms with Crippen LogP contribution >= 0.6 is 11.3 Å². The maximum atomic E-state index is 12.2. The SMILES string of the molecule is NC(=O)c1ccc(C(=O)N2CCC[C@H](C(=O)O)C2)s1. The molecule has 1 atom stereocenters.